The standard InChI is InChI=1S/C15H15ClN2O4/c1-21-8-9-22-13-5-2-11(3-6-13)17-15-7-4-12(18(19)20)10-14(15)16/h2-7,10,17H,8-9H2,1H3. The second-order valence-electron chi connectivity index (χ2n) is 4.41. The number of hydrogen-bond acceptors (Lipinski definition) is 5. The third-order valence-electron chi connectivity index (χ3n) is 2.85. The van der Waals surface area contributed by atoms with Crippen molar-refractivity contribution in [2.75, 3.05) is 25.6 Å². The Morgan fingerprint density at radius 3 is 2.50 bits per heavy atom. The summed E-state index contributed by atoms with van der Waals surface area (Å²) in [5.74, 6) is 0.734. The molecule has 0 fully saturated rings. The van der Waals surface area contributed by atoms with E-state index in [0.717, 1.165) is 11.4 Å². The highest BCUT2D eigenvalue weighted by atomic mass is 35.5. The summed E-state index contributed by atoms with van der Waals surface area (Å²) in [6, 6.07) is 11.6. The van der Waals surface area contributed by atoms with Gasteiger partial charge >= 0.3 is 0 Å². The van der Waals surface area contributed by atoms with Crippen LogP contribution < -0.4 is 10.1 Å². The first-order valence-corrected chi connectivity index (χ1v) is 6.90. The molecule has 7 heteroatoms. The minimum atomic E-state index is -0.484. The van der Waals surface area contributed by atoms with E-state index in [-0.39, 0.29) is 10.7 Å². The second kappa shape index (κ2) is 7.63. The van der Waals surface area contributed by atoms with Gasteiger partial charge < -0.3 is 14.8 Å². The first kappa shape index (κ1) is 16.1. The molecule has 1 N–H and O–H groups in total. The Labute approximate surface area is 132 Å². The second-order valence-corrected chi connectivity index (χ2v) is 4.82. The van der Waals surface area contributed by atoms with Crippen LogP contribution in [0.5, 0.6) is 5.75 Å². The Hall–Kier alpha value is -2.31. The van der Waals surface area contributed by atoms with Crippen molar-refractivity contribution in [2.45, 2.75) is 0 Å². The van der Waals surface area contributed by atoms with Crippen LogP contribution >= 0.6 is 11.6 Å². The van der Waals surface area contributed by atoms with Crippen molar-refractivity contribution in [2.24, 2.45) is 0 Å². The van der Waals surface area contributed by atoms with Crippen LogP contribution in [0.25, 0.3) is 0 Å². The molecule has 0 bridgehead atoms. The van der Waals surface area contributed by atoms with E-state index >= 15 is 0 Å². The Kier molecular flexibility index (Phi) is 5.57. The van der Waals surface area contributed by atoms with Gasteiger partial charge in [0.05, 0.1) is 22.2 Å². The monoisotopic (exact) mass is 322 g/mol. The molecule has 0 saturated heterocycles. The topological polar surface area (TPSA) is 73.6 Å². The lowest BCUT2D eigenvalue weighted by Crippen LogP contribution is -2.04. The van der Waals surface area contributed by atoms with E-state index in [1.807, 2.05) is 24.3 Å². The van der Waals surface area contributed by atoms with E-state index in [4.69, 9.17) is 21.1 Å². The van der Waals surface area contributed by atoms with Crippen molar-refractivity contribution in [3.63, 3.8) is 0 Å². The highest BCUT2D eigenvalue weighted by molar-refractivity contribution is 6.33. The molecule has 0 aliphatic rings. The largest absolute Gasteiger partial charge is 0.491 e. The molecular formula is C15H15ClN2O4. The molecule has 0 heterocycles. The Morgan fingerprint density at radius 1 is 1.18 bits per heavy atom. The molecule has 116 valence electrons. The van der Waals surface area contributed by atoms with E-state index in [1.54, 1.807) is 13.2 Å². The van der Waals surface area contributed by atoms with Crippen LogP contribution in [0.15, 0.2) is 42.5 Å². The molecular weight excluding hydrogens is 308 g/mol. The molecule has 0 amide bonds. The van der Waals surface area contributed by atoms with Gasteiger partial charge in [-0.3, -0.25) is 10.1 Å². The first-order chi connectivity index (χ1) is 10.6. The lowest BCUT2D eigenvalue weighted by Gasteiger charge is -2.10. The first-order valence-electron chi connectivity index (χ1n) is 6.53. The maximum absolute atomic E-state index is 10.7. The molecule has 0 aliphatic heterocycles. The number of nitrogens with zero attached hydrogens (tertiary/aromatic N) is 1. The average molecular weight is 323 g/mol. The highest BCUT2D eigenvalue weighted by Crippen LogP contribution is 2.29. The maximum Gasteiger partial charge on any atom is 0.271 e. The van der Waals surface area contributed by atoms with Crippen LogP contribution in [0.4, 0.5) is 17.1 Å². The highest BCUT2D eigenvalue weighted by Gasteiger charge is 2.09. The molecule has 2 aromatic carbocycles. The number of nitro groups is 1. The van der Waals surface area contributed by atoms with Gasteiger partial charge in [0.25, 0.3) is 5.69 Å². The predicted molar refractivity (Wildman–Crippen MR) is 85.2 cm³/mol. The van der Waals surface area contributed by atoms with Crippen molar-refractivity contribution < 1.29 is 14.4 Å². The third-order valence-corrected chi connectivity index (χ3v) is 3.17. The lowest BCUT2D eigenvalue weighted by molar-refractivity contribution is -0.384. The number of benzene rings is 2. The molecule has 0 aromatic heterocycles. The Morgan fingerprint density at radius 2 is 1.91 bits per heavy atom. The van der Waals surface area contributed by atoms with Gasteiger partial charge in [-0.1, -0.05) is 11.6 Å². The van der Waals surface area contributed by atoms with Crippen LogP contribution in [0.3, 0.4) is 0 Å². The number of nitro benzene ring substituents is 1. The zero-order valence-corrected chi connectivity index (χ0v) is 12.7. The molecule has 0 radical (unpaired) electrons. The van der Waals surface area contributed by atoms with Crippen molar-refractivity contribution in [3.8, 4) is 5.75 Å². The molecule has 0 spiro atoms. The van der Waals surface area contributed by atoms with Gasteiger partial charge in [-0.2, -0.15) is 0 Å². The molecule has 0 aliphatic carbocycles. The third kappa shape index (κ3) is 4.34. The van der Waals surface area contributed by atoms with Crippen molar-refractivity contribution in [1.82, 2.24) is 0 Å². The molecule has 6 nitrogen and oxygen atoms in total. The minimum absolute atomic E-state index is 0.0440. The summed E-state index contributed by atoms with van der Waals surface area (Å²) < 4.78 is 10.4. The fourth-order valence-electron chi connectivity index (χ4n) is 1.75. The zero-order chi connectivity index (χ0) is 15.9. The van der Waals surface area contributed by atoms with Gasteiger partial charge in [-0.25, -0.2) is 0 Å². The summed E-state index contributed by atoms with van der Waals surface area (Å²) in [5.41, 5.74) is 1.35. The van der Waals surface area contributed by atoms with Crippen LogP contribution in [-0.4, -0.2) is 25.2 Å². The summed E-state index contributed by atoms with van der Waals surface area (Å²) in [5, 5.41) is 14.1. The summed E-state index contributed by atoms with van der Waals surface area (Å²) in [6.45, 7) is 1.01. The summed E-state index contributed by atoms with van der Waals surface area (Å²) in [6.07, 6.45) is 0. The van der Waals surface area contributed by atoms with Gasteiger partial charge in [0.2, 0.25) is 0 Å². The van der Waals surface area contributed by atoms with Crippen LogP contribution in [0, 0.1) is 10.1 Å². The SMILES string of the molecule is COCCOc1ccc(Nc2ccc([N+](=O)[O-])cc2Cl)cc1. The molecule has 2 aromatic rings. The molecule has 0 unspecified atom stereocenters. The van der Waals surface area contributed by atoms with Crippen molar-refractivity contribution >= 4 is 28.7 Å². The molecule has 22 heavy (non-hydrogen) atoms. The van der Waals surface area contributed by atoms with E-state index in [0.29, 0.717) is 18.9 Å². The summed E-state index contributed by atoms with van der Waals surface area (Å²) in [7, 11) is 1.62. The quantitative estimate of drug-likeness (QED) is 0.473. The van der Waals surface area contributed by atoms with Crippen LogP contribution in [0.1, 0.15) is 0 Å². The number of ether oxygens (including phenoxy) is 2. The smallest absolute Gasteiger partial charge is 0.271 e. The zero-order valence-electron chi connectivity index (χ0n) is 11.9. The van der Waals surface area contributed by atoms with Crippen molar-refractivity contribution in [3.05, 3.63) is 57.6 Å². The van der Waals surface area contributed by atoms with Crippen LogP contribution in [-0.2, 0) is 4.74 Å². The average Bonchev–Trinajstić information content (AvgIpc) is 2.51. The molecule has 0 atom stereocenters. The van der Waals surface area contributed by atoms with Crippen LogP contribution in [0.2, 0.25) is 5.02 Å². The summed E-state index contributed by atoms with van der Waals surface area (Å²) >= 11 is 6.03. The number of hydrogen-bond donors (Lipinski definition) is 1. The summed E-state index contributed by atoms with van der Waals surface area (Å²) in [4.78, 5) is 10.2. The van der Waals surface area contributed by atoms with Gasteiger partial charge in [0.1, 0.15) is 12.4 Å². The van der Waals surface area contributed by atoms with E-state index in [1.165, 1.54) is 12.1 Å². The Balaban J connectivity index is 2.03. The fourth-order valence-corrected chi connectivity index (χ4v) is 1.97. The number of anilines is 2. The Bertz CT molecular complexity index is 646. The van der Waals surface area contributed by atoms with Gasteiger partial charge in [0, 0.05) is 24.9 Å². The van der Waals surface area contributed by atoms with E-state index in [2.05, 4.69) is 5.32 Å². The number of methoxy groups -OCH3 is 1. The number of rotatable bonds is 7. The van der Waals surface area contributed by atoms with Gasteiger partial charge in [-0.15, -0.1) is 0 Å². The molecule has 0 saturated carbocycles. The number of non-ortho nitro benzene ring substituents is 1. The van der Waals surface area contributed by atoms with E-state index in [9.17, 15) is 10.1 Å². The fraction of sp³-hybridized carbons (Fsp3) is 0.200. The molecule has 2 rings (SSSR count). The minimum Gasteiger partial charge on any atom is -0.491 e. The van der Waals surface area contributed by atoms with Crippen molar-refractivity contribution in [1.29, 1.82) is 0 Å². The van der Waals surface area contributed by atoms with Gasteiger partial charge in [-0.05, 0) is 30.3 Å². The van der Waals surface area contributed by atoms with E-state index < -0.39 is 4.92 Å². The van der Waals surface area contributed by atoms with Gasteiger partial charge in [0.15, 0.2) is 0 Å². The number of halogens is 1. The lowest BCUT2D eigenvalue weighted by atomic mass is 10.2. The maximum atomic E-state index is 10.7. The normalized spacial score (nSPS) is 10.3. The number of nitrogens with one attached hydrogen (secondary N) is 1. The predicted octanol–water partition coefficient (Wildman–Crippen LogP) is 4.02.